The lowest BCUT2D eigenvalue weighted by Gasteiger charge is -2.41. The van der Waals surface area contributed by atoms with Gasteiger partial charge in [-0.15, -0.1) is 0 Å². The molecule has 4 aliphatic heterocycles. The molecule has 0 aromatic heterocycles. The Balaban J connectivity index is 1.65. The topological polar surface area (TPSA) is 90.4 Å². The molecule has 0 bridgehead atoms. The lowest BCUT2D eigenvalue weighted by Crippen LogP contribution is -2.59. The quantitative estimate of drug-likeness (QED) is 0.557. The first kappa shape index (κ1) is 26.6. The van der Waals surface area contributed by atoms with Gasteiger partial charge in [-0.25, -0.2) is 0 Å². The number of ether oxygens (including phenoxy) is 1. The number of carbonyl (C=O) groups excluding carboxylic acids is 3. The molecule has 1 aromatic carbocycles. The number of nitrogens with zero attached hydrogens (tertiary/aromatic N) is 3. The smallest absolute Gasteiger partial charge is 0.249 e. The molecule has 1 aromatic rings. The van der Waals surface area contributed by atoms with Crippen LogP contribution in [0.1, 0.15) is 39.2 Å². The van der Waals surface area contributed by atoms with Crippen molar-refractivity contribution >= 4 is 17.7 Å². The zero-order valence-electron chi connectivity index (χ0n) is 22.7. The molecule has 38 heavy (non-hydrogen) atoms. The van der Waals surface area contributed by atoms with Crippen LogP contribution in [0.15, 0.2) is 54.6 Å². The molecule has 5 rings (SSSR count). The average molecular weight is 522 g/mol. The number of likely N-dealkylation sites (N-methyl/N-ethyl adjacent to an activating group) is 1. The summed E-state index contributed by atoms with van der Waals surface area (Å²) in [6, 6.07) is 8.23. The predicted molar refractivity (Wildman–Crippen MR) is 143 cm³/mol. The minimum Gasteiger partial charge on any atom is -0.394 e. The maximum atomic E-state index is 14.5. The maximum Gasteiger partial charge on any atom is 0.249 e. The number of carbonyl (C=O) groups is 3. The van der Waals surface area contributed by atoms with E-state index in [-0.39, 0.29) is 30.2 Å². The van der Waals surface area contributed by atoms with E-state index in [0.717, 1.165) is 5.56 Å². The van der Waals surface area contributed by atoms with Crippen molar-refractivity contribution < 1.29 is 24.2 Å². The van der Waals surface area contributed by atoms with Crippen molar-refractivity contribution in [2.75, 3.05) is 26.7 Å². The molecule has 1 unspecified atom stereocenters. The first-order valence-corrected chi connectivity index (χ1v) is 13.8. The summed E-state index contributed by atoms with van der Waals surface area (Å²) < 4.78 is 6.95. The van der Waals surface area contributed by atoms with E-state index in [0.29, 0.717) is 32.5 Å². The average Bonchev–Trinajstić information content (AvgIpc) is 3.21. The van der Waals surface area contributed by atoms with E-state index in [2.05, 4.69) is 0 Å². The van der Waals surface area contributed by atoms with Crippen LogP contribution in [-0.4, -0.2) is 87.6 Å². The van der Waals surface area contributed by atoms with Crippen molar-refractivity contribution in [3.63, 3.8) is 0 Å². The summed E-state index contributed by atoms with van der Waals surface area (Å²) >= 11 is 0. The third-order valence-corrected chi connectivity index (χ3v) is 8.73. The molecule has 2 fully saturated rings. The van der Waals surface area contributed by atoms with Gasteiger partial charge in [0.1, 0.15) is 11.6 Å². The van der Waals surface area contributed by atoms with Gasteiger partial charge in [-0.3, -0.25) is 14.4 Å². The molecule has 0 radical (unpaired) electrons. The molecule has 6 atom stereocenters. The molecule has 0 aliphatic carbocycles. The van der Waals surface area contributed by atoms with Gasteiger partial charge in [-0.2, -0.15) is 0 Å². The third kappa shape index (κ3) is 4.00. The van der Waals surface area contributed by atoms with E-state index in [1.807, 2.05) is 75.4 Å². The highest BCUT2D eigenvalue weighted by atomic mass is 16.5. The van der Waals surface area contributed by atoms with Crippen molar-refractivity contribution in [3.05, 3.63) is 60.2 Å². The first-order chi connectivity index (χ1) is 18.2. The van der Waals surface area contributed by atoms with E-state index < -0.39 is 35.1 Å². The molecule has 0 saturated carbocycles. The molecule has 1 N–H and O–H groups in total. The Hall–Kier alpha value is -2.97. The van der Waals surface area contributed by atoms with E-state index in [1.165, 1.54) is 0 Å². The van der Waals surface area contributed by atoms with Gasteiger partial charge < -0.3 is 24.5 Å². The number of hydrogen-bond donors (Lipinski definition) is 1. The summed E-state index contributed by atoms with van der Waals surface area (Å²) in [6.45, 7) is 6.95. The second-order valence-corrected chi connectivity index (χ2v) is 11.6. The Bertz CT molecular complexity index is 1150. The van der Waals surface area contributed by atoms with Gasteiger partial charge in [-0.1, -0.05) is 75.4 Å². The second kappa shape index (κ2) is 9.97. The summed E-state index contributed by atoms with van der Waals surface area (Å²) in [4.78, 5) is 47.7. The van der Waals surface area contributed by atoms with Crippen molar-refractivity contribution in [3.8, 4) is 0 Å². The zero-order valence-corrected chi connectivity index (χ0v) is 22.7. The number of rotatable bonds is 7. The lowest BCUT2D eigenvalue weighted by atomic mass is 9.73. The minimum absolute atomic E-state index is 0.150. The van der Waals surface area contributed by atoms with E-state index in [4.69, 9.17) is 4.74 Å². The Kier molecular flexibility index (Phi) is 6.99. The number of fused-ring (bicyclic) bond motifs is 2. The fraction of sp³-hybridized carbons (Fsp3) is 0.567. The molecule has 1 spiro atoms. The largest absolute Gasteiger partial charge is 0.394 e. The van der Waals surface area contributed by atoms with Crippen LogP contribution < -0.4 is 0 Å². The Labute approximate surface area is 224 Å². The summed E-state index contributed by atoms with van der Waals surface area (Å²) in [5.41, 5.74) is -1.30. The minimum atomic E-state index is -1.30. The Morgan fingerprint density at radius 3 is 2.37 bits per heavy atom. The van der Waals surface area contributed by atoms with Crippen LogP contribution in [0.25, 0.3) is 0 Å². The summed E-state index contributed by atoms with van der Waals surface area (Å²) in [7, 11) is 1.74. The SMILES string of the molecule is CC[C@@]12C=CCN(C)C(=O)[C@@H]1[C@H]1C(=O)N([C@@H](CO)CC(C)C)C3C(=O)N(Cc4ccccc4)CC=C[C@@]31O2. The number of aliphatic hydroxyl groups excluding tert-OH is 1. The van der Waals surface area contributed by atoms with Crippen LogP contribution in [0, 0.1) is 17.8 Å². The van der Waals surface area contributed by atoms with E-state index in [1.54, 1.807) is 21.7 Å². The fourth-order valence-corrected chi connectivity index (χ4v) is 7.03. The van der Waals surface area contributed by atoms with Gasteiger partial charge in [0, 0.05) is 26.7 Å². The standard InChI is InChI=1S/C30H39N3O5/c1-5-29-13-9-15-31(4)26(35)23(29)24-27(36)33(22(19-34)17-20(2)3)25-28(37)32(16-10-14-30(24,25)38-29)18-21-11-7-6-8-12-21/h6-14,20,22-25,34H,5,15-19H2,1-4H3/t22-,23+,24+,25?,29-,30+/m1/s1. The van der Waals surface area contributed by atoms with E-state index in [9.17, 15) is 19.5 Å². The van der Waals surface area contributed by atoms with Gasteiger partial charge in [-0.05, 0) is 24.3 Å². The number of amides is 3. The zero-order chi connectivity index (χ0) is 27.2. The van der Waals surface area contributed by atoms with Crippen LogP contribution in [0.5, 0.6) is 0 Å². The number of aliphatic hydroxyl groups is 1. The van der Waals surface area contributed by atoms with Gasteiger partial charge in [0.2, 0.25) is 17.7 Å². The highest BCUT2D eigenvalue weighted by molar-refractivity contribution is 6.00. The van der Waals surface area contributed by atoms with Crippen LogP contribution >= 0.6 is 0 Å². The van der Waals surface area contributed by atoms with Gasteiger partial charge in [0.25, 0.3) is 0 Å². The van der Waals surface area contributed by atoms with Crippen molar-refractivity contribution in [1.29, 1.82) is 0 Å². The number of benzene rings is 1. The molecule has 4 heterocycles. The molecule has 8 nitrogen and oxygen atoms in total. The second-order valence-electron chi connectivity index (χ2n) is 11.6. The fourth-order valence-electron chi connectivity index (χ4n) is 7.03. The van der Waals surface area contributed by atoms with Crippen LogP contribution in [0.3, 0.4) is 0 Å². The highest BCUT2D eigenvalue weighted by Gasteiger charge is 2.75. The number of likely N-dealkylation sites (tertiary alicyclic amines) is 1. The normalized spacial score (nSPS) is 33.4. The van der Waals surface area contributed by atoms with Gasteiger partial charge in [0.05, 0.1) is 30.1 Å². The lowest BCUT2D eigenvalue weighted by molar-refractivity contribution is -0.157. The molecule has 204 valence electrons. The monoisotopic (exact) mass is 521 g/mol. The molecule has 2 saturated heterocycles. The maximum absolute atomic E-state index is 14.5. The van der Waals surface area contributed by atoms with Gasteiger partial charge in [0.15, 0.2) is 0 Å². The van der Waals surface area contributed by atoms with Crippen LogP contribution in [0.4, 0.5) is 0 Å². The Morgan fingerprint density at radius 1 is 1.00 bits per heavy atom. The summed E-state index contributed by atoms with van der Waals surface area (Å²) in [5, 5.41) is 10.5. The molecular weight excluding hydrogens is 482 g/mol. The van der Waals surface area contributed by atoms with Crippen LogP contribution in [0.2, 0.25) is 0 Å². The van der Waals surface area contributed by atoms with Gasteiger partial charge >= 0.3 is 0 Å². The molecule has 3 amide bonds. The van der Waals surface area contributed by atoms with Crippen molar-refractivity contribution in [1.82, 2.24) is 14.7 Å². The summed E-state index contributed by atoms with van der Waals surface area (Å²) in [6.07, 6.45) is 8.68. The first-order valence-electron chi connectivity index (χ1n) is 13.8. The van der Waals surface area contributed by atoms with Crippen molar-refractivity contribution in [2.45, 2.75) is 63.4 Å². The third-order valence-electron chi connectivity index (χ3n) is 8.73. The predicted octanol–water partition coefficient (Wildman–Crippen LogP) is 2.38. The molecule has 4 aliphatic rings. The molecular formula is C30H39N3O5. The molecule has 8 heteroatoms. The van der Waals surface area contributed by atoms with Crippen LogP contribution in [-0.2, 0) is 25.7 Å². The summed E-state index contributed by atoms with van der Waals surface area (Å²) in [5.74, 6) is -2.08. The Morgan fingerprint density at radius 2 is 1.71 bits per heavy atom. The van der Waals surface area contributed by atoms with Crippen molar-refractivity contribution in [2.24, 2.45) is 17.8 Å². The highest BCUT2D eigenvalue weighted by Crippen LogP contribution is 2.59. The number of hydrogen-bond acceptors (Lipinski definition) is 5. The van der Waals surface area contributed by atoms with E-state index >= 15 is 0 Å².